The number of hydrogen-bond acceptors (Lipinski definition) is 5. The van der Waals surface area contributed by atoms with Gasteiger partial charge in [0.15, 0.2) is 0 Å². The summed E-state index contributed by atoms with van der Waals surface area (Å²) in [4.78, 5) is 34.5. The fourth-order valence-electron chi connectivity index (χ4n) is 2.01. The van der Waals surface area contributed by atoms with Crippen LogP contribution in [0.1, 0.15) is 19.8 Å². The zero-order chi connectivity index (χ0) is 15.9. The van der Waals surface area contributed by atoms with Crippen molar-refractivity contribution in [2.24, 2.45) is 0 Å². The summed E-state index contributed by atoms with van der Waals surface area (Å²) in [6, 6.07) is 8.53. The number of esters is 2. The summed E-state index contributed by atoms with van der Waals surface area (Å²) in [5.41, 5.74) is 0.658. The minimum atomic E-state index is -0.833. The molecule has 7 heteroatoms. The number of benzene rings is 1. The van der Waals surface area contributed by atoms with Crippen LogP contribution >= 0.6 is 0 Å². The van der Waals surface area contributed by atoms with E-state index in [2.05, 4.69) is 10.6 Å². The Kier molecular flexibility index (Phi) is 5.35. The Balaban J connectivity index is 1.64. The molecule has 2 unspecified atom stereocenters. The lowest BCUT2D eigenvalue weighted by Crippen LogP contribution is -2.32. The van der Waals surface area contributed by atoms with Gasteiger partial charge in [-0.3, -0.25) is 4.79 Å². The maximum Gasteiger partial charge on any atom is 0.347 e. The van der Waals surface area contributed by atoms with Gasteiger partial charge in [-0.1, -0.05) is 18.2 Å². The van der Waals surface area contributed by atoms with Gasteiger partial charge in [-0.15, -0.1) is 0 Å². The van der Waals surface area contributed by atoms with Crippen molar-refractivity contribution >= 4 is 23.7 Å². The van der Waals surface area contributed by atoms with Crippen LogP contribution in [0.4, 0.5) is 10.5 Å². The second-order valence-electron chi connectivity index (χ2n) is 4.96. The third kappa shape index (κ3) is 4.76. The molecule has 1 aliphatic heterocycles. The third-order valence-electron chi connectivity index (χ3n) is 3.05. The summed E-state index contributed by atoms with van der Waals surface area (Å²) in [5, 5.41) is 5.17. The molecule has 1 saturated heterocycles. The average molecular weight is 306 g/mol. The lowest BCUT2D eigenvalue weighted by molar-refractivity contribution is -0.160. The van der Waals surface area contributed by atoms with Gasteiger partial charge in [0, 0.05) is 18.7 Å². The van der Waals surface area contributed by atoms with Crippen molar-refractivity contribution in [2.45, 2.75) is 32.0 Å². The van der Waals surface area contributed by atoms with Crippen molar-refractivity contribution in [3.8, 4) is 0 Å². The first-order valence-electron chi connectivity index (χ1n) is 7.04. The van der Waals surface area contributed by atoms with Crippen molar-refractivity contribution in [3.05, 3.63) is 30.3 Å². The first-order chi connectivity index (χ1) is 10.5. The monoisotopic (exact) mass is 306 g/mol. The summed E-state index contributed by atoms with van der Waals surface area (Å²) >= 11 is 0. The largest absolute Gasteiger partial charge is 0.460 e. The van der Waals surface area contributed by atoms with Crippen LogP contribution in [0, 0.1) is 0 Å². The molecule has 0 bridgehead atoms. The highest BCUT2D eigenvalue weighted by Crippen LogP contribution is 2.17. The van der Waals surface area contributed by atoms with E-state index in [1.165, 1.54) is 0 Å². The average Bonchev–Trinajstić information content (AvgIpc) is 2.77. The smallest absolute Gasteiger partial charge is 0.347 e. The second kappa shape index (κ2) is 7.44. The first kappa shape index (κ1) is 15.8. The van der Waals surface area contributed by atoms with Gasteiger partial charge in [-0.25, -0.2) is 9.59 Å². The van der Waals surface area contributed by atoms with Crippen LogP contribution in [-0.2, 0) is 19.1 Å². The van der Waals surface area contributed by atoms with Gasteiger partial charge in [0.2, 0.25) is 6.10 Å². The van der Waals surface area contributed by atoms with Gasteiger partial charge < -0.3 is 20.1 Å². The normalized spacial score (nSPS) is 20.1. The molecule has 0 aromatic heterocycles. The van der Waals surface area contributed by atoms with Gasteiger partial charge in [-0.05, 0) is 19.1 Å². The number of anilines is 1. The van der Waals surface area contributed by atoms with E-state index < -0.39 is 24.1 Å². The third-order valence-corrected chi connectivity index (χ3v) is 3.05. The number of cyclic esters (lactones) is 1. The van der Waals surface area contributed by atoms with E-state index in [-0.39, 0.29) is 19.1 Å². The number of amides is 2. The van der Waals surface area contributed by atoms with Gasteiger partial charge in [0.25, 0.3) is 0 Å². The maximum absolute atomic E-state index is 11.6. The predicted molar refractivity (Wildman–Crippen MR) is 78.1 cm³/mol. The van der Waals surface area contributed by atoms with Crippen LogP contribution in [0.25, 0.3) is 0 Å². The molecule has 1 fully saturated rings. The van der Waals surface area contributed by atoms with Crippen LogP contribution in [0.3, 0.4) is 0 Å². The molecule has 0 saturated carbocycles. The zero-order valence-electron chi connectivity index (χ0n) is 12.2. The second-order valence-corrected chi connectivity index (χ2v) is 4.96. The highest BCUT2D eigenvalue weighted by Gasteiger charge is 2.34. The minimum Gasteiger partial charge on any atom is -0.460 e. The molecular weight excluding hydrogens is 288 g/mol. The molecule has 2 N–H and O–H groups in total. The van der Waals surface area contributed by atoms with E-state index in [1.807, 2.05) is 6.07 Å². The fraction of sp³-hybridized carbons (Fsp3) is 0.400. The molecular formula is C15H18N2O5. The molecule has 2 atom stereocenters. The summed E-state index contributed by atoms with van der Waals surface area (Å²) in [7, 11) is 0. The summed E-state index contributed by atoms with van der Waals surface area (Å²) < 4.78 is 9.90. The van der Waals surface area contributed by atoms with Crippen LogP contribution in [0.15, 0.2) is 30.3 Å². The number of ether oxygens (including phenoxy) is 2. The molecule has 1 aliphatic rings. The van der Waals surface area contributed by atoms with Crippen molar-refractivity contribution in [1.82, 2.24) is 5.32 Å². The number of carbonyl (C=O) groups excluding carboxylic acids is 3. The highest BCUT2D eigenvalue weighted by molar-refractivity contribution is 5.89. The first-order valence-corrected chi connectivity index (χ1v) is 7.04. The Morgan fingerprint density at radius 2 is 2.05 bits per heavy atom. The highest BCUT2D eigenvalue weighted by atomic mass is 16.6. The number of carbonyl (C=O) groups is 3. The molecule has 1 heterocycles. The summed E-state index contributed by atoms with van der Waals surface area (Å²) in [6.07, 6.45) is -0.715. The van der Waals surface area contributed by atoms with Crippen molar-refractivity contribution < 1.29 is 23.9 Å². The topological polar surface area (TPSA) is 93.7 Å². The summed E-state index contributed by atoms with van der Waals surface area (Å²) in [6.45, 7) is 1.86. The van der Waals surface area contributed by atoms with Crippen molar-refractivity contribution in [3.63, 3.8) is 0 Å². The predicted octanol–water partition coefficient (Wildman–Crippen LogP) is 1.45. The molecule has 22 heavy (non-hydrogen) atoms. The Morgan fingerprint density at radius 1 is 1.32 bits per heavy atom. The quantitative estimate of drug-likeness (QED) is 0.803. The van der Waals surface area contributed by atoms with Crippen LogP contribution in [0.2, 0.25) is 0 Å². The Hall–Kier alpha value is -2.57. The molecule has 1 aromatic rings. The Bertz CT molecular complexity index is 546. The number of nitrogens with one attached hydrogen (secondary N) is 2. The van der Waals surface area contributed by atoms with E-state index in [4.69, 9.17) is 9.47 Å². The van der Waals surface area contributed by atoms with Crippen LogP contribution in [-0.4, -0.2) is 36.7 Å². The SMILES string of the molecule is CC1CC(OC(=O)CCNC(=O)Nc2ccccc2)C(=O)O1. The molecule has 1 aromatic carbocycles. The van der Waals surface area contributed by atoms with Gasteiger partial charge in [-0.2, -0.15) is 0 Å². The van der Waals surface area contributed by atoms with E-state index in [1.54, 1.807) is 31.2 Å². The van der Waals surface area contributed by atoms with Crippen molar-refractivity contribution in [1.29, 1.82) is 0 Å². The summed E-state index contributed by atoms with van der Waals surface area (Å²) in [5.74, 6) is -1.06. The molecule has 118 valence electrons. The minimum absolute atomic E-state index is 0.0135. The maximum atomic E-state index is 11.6. The van der Waals surface area contributed by atoms with Crippen molar-refractivity contribution in [2.75, 3.05) is 11.9 Å². The fourth-order valence-corrected chi connectivity index (χ4v) is 2.01. The van der Waals surface area contributed by atoms with Gasteiger partial charge in [0.1, 0.15) is 6.10 Å². The zero-order valence-corrected chi connectivity index (χ0v) is 12.2. The van der Waals surface area contributed by atoms with Crippen LogP contribution < -0.4 is 10.6 Å². The van der Waals surface area contributed by atoms with E-state index >= 15 is 0 Å². The van der Waals surface area contributed by atoms with Crippen LogP contribution in [0.5, 0.6) is 0 Å². The Labute approximate surface area is 128 Å². The number of hydrogen-bond donors (Lipinski definition) is 2. The molecule has 2 amide bonds. The number of rotatable bonds is 5. The lowest BCUT2D eigenvalue weighted by Gasteiger charge is -2.09. The van der Waals surface area contributed by atoms with E-state index in [0.717, 1.165) is 0 Å². The number of para-hydroxylation sites is 1. The van der Waals surface area contributed by atoms with Gasteiger partial charge in [0.05, 0.1) is 6.42 Å². The molecule has 0 spiro atoms. The van der Waals surface area contributed by atoms with E-state index in [0.29, 0.717) is 12.1 Å². The molecule has 0 aliphatic carbocycles. The van der Waals surface area contributed by atoms with E-state index in [9.17, 15) is 14.4 Å². The molecule has 7 nitrogen and oxygen atoms in total. The van der Waals surface area contributed by atoms with Gasteiger partial charge >= 0.3 is 18.0 Å². The number of urea groups is 1. The Morgan fingerprint density at radius 3 is 2.68 bits per heavy atom. The molecule has 0 radical (unpaired) electrons. The molecule has 2 rings (SSSR count). The lowest BCUT2D eigenvalue weighted by atomic mass is 10.2. The standard InChI is InChI=1S/C15H18N2O5/c1-10-9-12(14(19)21-10)22-13(18)7-8-16-15(20)17-11-5-3-2-4-6-11/h2-6,10,12H,7-9H2,1H3,(H2,16,17,20).